The van der Waals surface area contributed by atoms with Crippen LogP contribution in [0.3, 0.4) is 0 Å². The van der Waals surface area contributed by atoms with Crippen LogP contribution >= 0.6 is 11.3 Å². The number of carboxylic acid groups (broad SMARTS) is 1. The lowest BCUT2D eigenvalue weighted by Crippen LogP contribution is -2.43. The number of anilines is 1. The van der Waals surface area contributed by atoms with Gasteiger partial charge in [-0.05, 0) is 49.3 Å². The Bertz CT molecular complexity index is 806. The summed E-state index contributed by atoms with van der Waals surface area (Å²) < 4.78 is 13.9. The third-order valence-corrected chi connectivity index (χ3v) is 6.01. The van der Waals surface area contributed by atoms with E-state index in [0.29, 0.717) is 15.3 Å². The zero-order valence-corrected chi connectivity index (χ0v) is 12.9. The van der Waals surface area contributed by atoms with Gasteiger partial charge in [0.15, 0.2) is 5.13 Å². The number of nitrogens with zero attached hydrogens (tertiary/aromatic N) is 1. The summed E-state index contributed by atoms with van der Waals surface area (Å²) in [6.45, 7) is 0. The van der Waals surface area contributed by atoms with E-state index >= 15 is 0 Å². The van der Waals surface area contributed by atoms with Crippen LogP contribution in [0.5, 0.6) is 0 Å². The molecule has 0 aliphatic heterocycles. The van der Waals surface area contributed by atoms with Gasteiger partial charge in [-0.1, -0.05) is 11.3 Å². The minimum absolute atomic E-state index is 0.0465. The number of rotatable bonds is 3. The average molecular weight is 333 g/mol. The van der Waals surface area contributed by atoms with Crippen LogP contribution in [0.15, 0.2) is 18.2 Å². The Balaban J connectivity index is 1.57. The summed E-state index contributed by atoms with van der Waals surface area (Å²) >= 11 is 1.18. The number of fused-ring (bicyclic) bond motifs is 3. The Kier molecular flexibility index (Phi) is 3.33. The van der Waals surface area contributed by atoms with Crippen LogP contribution < -0.4 is 10.4 Å². The molecule has 2 saturated carbocycles. The standard InChI is InChI=1S/C16H15FN2O3S/c17-9-3-4-10-11(6-9)23-16(18-10)19-14(20)12-7-1-2-8(5-7)13(12)15(21)22/h3-4,6-8,12-13H,1-2,5H2,(H,21,22)(H,18,19,20)/p-1/t7-,8+,12-,13+/m1/s1. The van der Waals surface area contributed by atoms with Gasteiger partial charge in [-0.2, -0.15) is 0 Å². The molecule has 2 fully saturated rings. The molecule has 7 heteroatoms. The summed E-state index contributed by atoms with van der Waals surface area (Å²) in [5.41, 5.74) is 0.607. The molecule has 23 heavy (non-hydrogen) atoms. The topological polar surface area (TPSA) is 82.1 Å². The number of aliphatic carboxylic acids is 1. The second-order valence-corrected chi connectivity index (χ2v) is 7.35. The van der Waals surface area contributed by atoms with E-state index in [1.54, 1.807) is 6.07 Å². The number of benzene rings is 1. The molecule has 1 aromatic heterocycles. The van der Waals surface area contributed by atoms with Crippen LogP contribution in [0.25, 0.3) is 10.2 Å². The fourth-order valence-corrected chi connectivity index (χ4v) is 5.04. The van der Waals surface area contributed by atoms with Crippen molar-refractivity contribution in [3.63, 3.8) is 0 Å². The smallest absolute Gasteiger partial charge is 0.230 e. The van der Waals surface area contributed by atoms with Crippen molar-refractivity contribution in [2.45, 2.75) is 19.3 Å². The molecule has 1 heterocycles. The molecular formula is C16H14FN2O3S-. The maximum atomic E-state index is 13.2. The predicted molar refractivity (Wildman–Crippen MR) is 81.0 cm³/mol. The number of hydrogen-bond acceptors (Lipinski definition) is 5. The number of halogens is 1. The van der Waals surface area contributed by atoms with E-state index in [1.807, 2.05) is 0 Å². The first-order chi connectivity index (χ1) is 11.0. The third kappa shape index (κ3) is 2.39. The zero-order valence-electron chi connectivity index (χ0n) is 12.1. The summed E-state index contributed by atoms with van der Waals surface area (Å²) in [4.78, 5) is 28.2. The van der Waals surface area contributed by atoms with Crippen LogP contribution in [0.4, 0.5) is 9.52 Å². The first kappa shape index (κ1) is 14.6. The Morgan fingerprint density at radius 1 is 1.26 bits per heavy atom. The molecule has 4 atom stereocenters. The van der Waals surface area contributed by atoms with Gasteiger partial charge in [-0.25, -0.2) is 9.37 Å². The maximum absolute atomic E-state index is 13.2. The van der Waals surface area contributed by atoms with Gasteiger partial charge in [0.1, 0.15) is 5.82 Å². The second-order valence-electron chi connectivity index (χ2n) is 6.32. The van der Waals surface area contributed by atoms with Gasteiger partial charge in [0.2, 0.25) is 5.91 Å². The molecule has 2 aromatic rings. The Morgan fingerprint density at radius 2 is 2.00 bits per heavy atom. The monoisotopic (exact) mass is 333 g/mol. The van der Waals surface area contributed by atoms with Gasteiger partial charge < -0.3 is 15.2 Å². The Hall–Kier alpha value is -2.02. The number of thiazole rings is 1. The predicted octanol–water partition coefficient (Wildman–Crippen LogP) is 1.79. The lowest BCUT2D eigenvalue weighted by Gasteiger charge is -2.30. The molecule has 0 radical (unpaired) electrons. The highest BCUT2D eigenvalue weighted by molar-refractivity contribution is 7.22. The van der Waals surface area contributed by atoms with Gasteiger partial charge in [0.05, 0.1) is 10.2 Å². The molecule has 0 spiro atoms. The second kappa shape index (κ2) is 5.26. The maximum Gasteiger partial charge on any atom is 0.230 e. The van der Waals surface area contributed by atoms with Crippen LogP contribution in [-0.2, 0) is 9.59 Å². The summed E-state index contributed by atoms with van der Waals surface area (Å²) in [7, 11) is 0. The average Bonchev–Trinajstić information content (AvgIpc) is 3.18. The van der Waals surface area contributed by atoms with Crippen LogP contribution in [-0.4, -0.2) is 16.9 Å². The number of carboxylic acids is 1. The van der Waals surface area contributed by atoms with Crippen molar-refractivity contribution in [2.24, 2.45) is 23.7 Å². The number of carbonyl (C=O) groups excluding carboxylic acids is 2. The molecule has 1 aromatic carbocycles. The van der Waals surface area contributed by atoms with E-state index < -0.39 is 17.8 Å². The molecule has 0 saturated heterocycles. The first-order valence-corrected chi connectivity index (χ1v) is 8.42. The van der Waals surface area contributed by atoms with Crippen molar-refractivity contribution in [1.82, 2.24) is 4.98 Å². The molecule has 1 amide bonds. The van der Waals surface area contributed by atoms with E-state index in [-0.39, 0.29) is 23.6 Å². The molecule has 5 nitrogen and oxygen atoms in total. The quantitative estimate of drug-likeness (QED) is 0.928. The fraction of sp³-hybridized carbons (Fsp3) is 0.438. The molecular weight excluding hydrogens is 319 g/mol. The molecule has 2 bridgehead atoms. The molecule has 2 aliphatic carbocycles. The van der Waals surface area contributed by atoms with Crippen LogP contribution in [0, 0.1) is 29.5 Å². The van der Waals surface area contributed by atoms with E-state index in [0.717, 1.165) is 19.3 Å². The summed E-state index contributed by atoms with van der Waals surface area (Å²) in [5, 5.41) is 14.5. The van der Waals surface area contributed by atoms with E-state index in [2.05, 4.69) is 10.3 Å². The summed E-state index contributed by atoms with van der Waals surface area (Å²) in [6.07, 6.45) is 2.52. The third-order valence-electron chi connectivity index (χ3n) is 5.07. The van der Waals surface area contributed by atoms with Crippen molar-refractivity contribution in [3.05, 3.63) is 24.0 Å². The highest BCUT2D eigenvalue weighted by Crippen LogP contribution is 2.52. The van der Waals surface area contributed by atoms with Crippen molar-refractivity contribution < 1.29 is 19.1 Å². The first-order valence-electron chi connectivity index (χ1n) is 7.61. The van der Waals surface area contributed by atoms with Crippen LogP contribution in [0.1, 0.15) is 19.3 Å². The Labute approximate surface area is 135 Å². The Morgan fingerprint density at radius 3 is 2.74 bits per heavy atom. The van der Waals surface area contributed by atoms with E-state index in [1.165, 1.54) is 23.5 Å². The molecule has 0 unspecified atom stereocenters. The zero-order chi connectivity index (χ0) is 16.1. The molecule has 120 valence electrons. The van der Waals surface area contributed by atoms with Crippen LogP contribution in [0.2, 0.25) is 0 Å². The van der Waals surface area contributed by atoms with Gasteiger partial charge in [-0.15, -0.1) is 0 Å². The van der Waals surface area contributed by atoms with E-state index in [4.69, 9.17) is 0 Å². The van der Waals surface area contributed by atoms with Crippen molar-refractivity contribution in [3.8, 4) is 0 Å². The van der Waals surface area contributed by atoms with E-state index in [9.17, 15) is 19.1 Å². The van der Waals surface area contributed by atoms with Gasteiger partial charge in [0, 0.05) is 17.8 Å². The lowest BCUT2D eigenvalue weighted by molar-refractivity contribution is -0.314. The SMILES string of the molecule is O=C(Nc1nc2ccc(F)cc2s1)[C@@H]1[C@@H]2CC[C@@H](C2)[C@@H]1C(=O)[O-]. The minimum Gasteiger partial charge on any atom is -0.550 e. The number of carbonyl (C=O) groups is 2. The minimum atomic E-state index is -1.14. The van der Waals surface area contributed by atoms with Crippen molar-refractivity contribution in [1.29, 1.82) is 0 Å². The normalized spacial score (nSPS) is 29.1. The molecule has 2 aliphatic rings. The largest absolute Gasteiger partial charge is 0.550 e. The molecule has 1 N–H and O–H groups in total. The number of amides is 1. The van der Waals surface area contributed by atoms with Gasteiger partial charge in [0.25, 0.3) is 0 Å². The number of hydrogen-bond donors (Lipinski definition) is 1. The van der Waals surface area contributed by atoms with Gasteiger partial charge >= 0.3 is 0 Å². The summed E-state index contributed by atoms with van der Waals surface area (Å²) in [5.74, 6) is -2.91. The van der Waals surface area contributed by atoms with Crippen molar-refractivity contribution in [2.75, 3.05) is 5.32 Å². The molecule has 4 rings (SSSR count). The fourth-order valence-electron chi connectivity index (χ4n) is 4.15. The number of nitrogens with one attached hydrogen (secondary N) is 1. The number of aromatic nitrogens is 1. The highest BCUT2D eigenvalue weighted by atomic mass is 32.1. The highest BCUT2D eigenvalue weighted by Gasteiger charge is 2.51. The lowest BCUT2D eigenvalue weighted by atomic mass is 9.79. The van der Waals surface area contributed by atoms with Gasteiger partial charge in [-0.3, -0.25) is 4.79 Å². The van der Waals surface area contributed by atoms with Crippen molar-refractivity contribution >= 4 is 38.6 Å². The summed E-state index contributed by atoms with van der Waals surface area (Å²) in [6, 6.07) is 4.23.